The summed E-state index contributed by atoms with van der Waals surface area (Å²) in [4.78, 5) is 11.1. The van der Waals surface area contributed by atoms with Gasteiger partial charge in [-0.1, -0.05) is 22.0 Å². The molecule has 4 heteroatoms. The predicted octanol–water partition coefficient (Wildman–Crippen LogP) is 1.61. The number of anilines is 1. The van der Waals surface area contributed by atoms with Crippen LogP contribution >= 0.6 is 15.9 Å². The Bertz CT molecular complexity index is 301. The van der Waals surface area contributed by atoms with Crippen LogP contribution in [0, 0.1) is 0 Å². The molecule has 0 unspecified atom stereocenters. The Morgan fingerprint density at radius 2 is 2.31 bits per heavy atom. The molecular weight excluding hydrogens is 232 g/mol. The molecule has 1 aromatic carbocycles. The molecule has 0 aliphatic rings. The Labute approximate surface area is 85.7 Å². The smallest absolute Gasteiger partial charge is 0.238 e. The fraction of sp³-hybridized carbons (Fsp3) is 0.222. The van der Waals surface area contributed by atoms with Gasteiger partial charge in [-0.25, -0.2) is 0 Å². The second-order valence-corrected chi connectivity index (χ2v) is 3.50. The lowest BCUT2D eigenvalue weighted by Gasteiger charge is -2.04. The van der Waals surface area contributed by atoms with Crippen LogP contribution in [0.15, 0.2) is 28.7 Å². The first-order chi connectivity index (χ1) is 6.22. The Hall–Kier alpha value is -0.870. The molecule has 1 aromatic rings. The van der Waals surface area contributed by atoms with Gasteiger partial charge in [0, 0.05) is 10.2 Å². The van der Waals surface area contributed by atoms with E-state index in [4.69, 9.17) is 0 Å². The predicted molar refractivity (Wildman–Crippen MR) is 56.7 cm³/mol. The van der Waals surface area contributed by atoms with E-state index in [0.717, 1.165) is 10.2 Å². The van der Waals surface area contributed by atoms with Gasteiger partial charge in [0.1, 0.15) is 0 Å². The van der Waals surface area contributed by atoms with E-state index in [1.54, 1.807) is 7.05 Å². The van der Waals surface area contributed by atoms with Crippen LogP contribution < -0.4 is 10.6 Å². The van der Waals surface area contributed by atoms with E-state index in [-0.39, 0.29) is 5.91 Å². The molecule has 0 fully saturated rings. The van der Waals surface area contributed by atoms with E-state index >= 15 is 0 Å². The SMILES string of the molecule is CNCC(=O)Nc1cccc(Br)c1. The van der Waals surface area contributed by atoms with Gasteiger partial charge in [0.2, 0.25) is 5.91 Å². The van der Waals surface area contributed by atoms with Gasteiger partial charge in [0.25, 0.3) is 0 Å². The maximum atomic E-state index is 11.1. The first-order valence-corrected chi connectivity index (χ1v) is 4.71. The summed E-state index contributed by atoms with van der Waals surface area (Å²) in [7, 11) is 1.74. The summed E-state index contributed by atoms with van der Waals surface area (Å²) < 4.78 is 0.953. The normalized spacial score (nSPS) is 9.69. The van der Waals surface area contributed by atoms with E-state index in [1.165, 1.54) is 0 Å². The highest BCUT2D eigenvalue weighted by molar-refractivity contribution is 9.10. The third kappa shape index (κ3) is 3.57. The van der Waals surface area contributed by atoms with E-state index < -0.39 is 0 Å². The molecule has 0 bridgehead atoms. The van der Waals surface area contributed by atoms with Crippen LogP contribution in [0.2, 0.25) is 0 Å². The van der Waals surface area contributed by atoms with E-state index in [9.17, 15) is 4.79 Å². The zero-order chi connectivity index (χ0) is 9.68. The number of rotatable bonds is 3. The third-order valence-electron chi connectivity index (χ3n) is 1.45. The van der Waals surface area contributed by atoms with E-state index in [0.29, 0.717) is 6.54 Å². The van der Waals surface area contributed by atoms with Gasteiger partial charge in [-0.3, -0.25) is 4.79 Å². The van der Waals surface area contributed by atoms with Gasteiger partial charge in [-0.15, -0.1) is 0 Å². The summed E-state index contributed by atoms with van der Waals surface area (Å²) >= 11 is 3.32. The van der Waals surface area contributed by atoms with Crippen molar-refractivity contribution in [1.82, 2.24) is 5.32 Å². The first kappa shape index (κ1) is 10.2. The average Bonchev–Trinajstić information content (AvgIpc) is 2.04. The second kappa shape index (κ2) is 4.99. The minimum Gasteiger partial charge on any atom is -0.325 e. The van der Waals surface area contributed by atoms with Crippen molar-refractivity contribution in [2.24, 2.45) is 0 Å². The molecule has 1 amide bonds. The van der Waals surface area contributed by atoms with Gasteiger partial charge in [0.15, 0.2) is 0 Å². The third-order valence-corrected chi connectivity index (χ3v) is 1.94. The summed E-state index contributed by atoms with van der Waals surface area (Å²) in [6.07, 6.45) is 0. The highest BCUT2D eigenvalue weighted by atomic mass is 79.9. The lowest BCUT2D eigenvalue weighted by atomic mass is 10.3. The maximum absolute atomic E-state index is 11.1. The maximum Gasteiger partial charge on any atom is 0.238 e. The molecule has 0 aliphatic heterocycles. The number of hydrogen-bond acceptors (Lipinski definition) is 2. The average molecular weight is 243 g/mol. The van der Waals surface area contributed by atoms with Gasteiger partial charge in [-0.05, 0) is 25.2 Å². The fourth-order valence-electron chi connectivity index (χ4n) is 0.932. The van der Waals surface area contributed by atoms with Crippen molar-refractivity contribution in [1.29, 1.82) is 0 Å². The van der Waals surface area contributed by atoms with Gasteiger partial charge in [0.05, 0.1) is 6.54 Å². The Morgan fingerprint density at radius 3 is 2.92 bits per heavy atom. The lowest BCUT2D eigenvalue weighted by Crippen LogP contribution is -2.24. The molecule has 0 saturated carbocycles. The number of benzene rings is 1. The molecule has 0 heterocycles. The lowest BCUT2D eigenvalue weighted by molar-refractivity contribution is -0.115. The molecular formula is C9H11BrN2O. The van der Waals surface area contributed by atoms with Crippen molar-refractivity contribution in [3.63, 3.8) is 0 Å². The first-order valence-electron chi connectivity index (χ1n) is 3.92. The topological polar surface area (TPSA) is 41.1 Å². The fourth-order valence-corrected chi connectivity index (χ4v) is 1.33. The van der Waals surface area contributed by atoms with E-state index in [2.05, 4.69) is 26.6 Å². The molecule has 0 atom stereocenters. The van der Waals surface area contributed by atoms with Crippen LogP contribution in [-0.2, 0) is 4.79 Å². The summed E-state index contributed by atoms with van der Waals surface area (Å²) in [6, 6.07) is 7.48. The van der Waals surface area contributed by atoms with Crippen LogP contribution in [0.3, 0.4) is 0 Å². The molecule has 0 aromatic heterocycles. The van der Waals surface area contributed by atoms with Crippen LogP contribution in [0.4, 0.5) is 5.69 Å². The number of likely N-dealkylation sites (N-methyl/N-ethyl adjacent to an activating group) is 1. The molecule has 0 aliphatic carbocycles. The number of carbonyl (C=O) groups excluding carboxylic acids is 1. The molecule has 70 valence electrons. The molecule has 1 rings (SSSR count). The number of nitrogens with one attached hydrogen (secondary N) is 2. The Morgan fingerprint density at radius 1 is 1.54 bits per heavy atom. The molecule has 0 radical (unpaired) electrons. The van der Waals surface area contributed by atoms with Crippen LogP contribution in [0.1, 0.15) is 0 Å². The van der Waals surface area contributed by atoms with Gasteiger partial charge in [-0.2, -0.15) is 0 Å². The number of halogens is 1. The van der Waals surface area contributed by atoms with Crippen LogP contribution in [0.25, 0.3) is 0 Å². The van der Waals surface area contributed by atoms with Crippen molar-refractivity contribution in [3.05, 3.63) is 28.7 Å². The number of hydrogen-bond donors (Lipinski definition) is 2. The largest absolute Gasteiger partial charge is 0.325 e. The molecule has 3 nitrogen and oxygen atoms in total. The van der Waals surface area contributed by atoms with Crippen molar-refractivity contribution < 1.29 is 4.79 Å². The van der Waals surface area contributed by atoms with Gasteiger partial charge < -0.3 is 10.6 Å². The van der Waals surface area contributed by atoms with Crippen molar-refractivity contribution in [2.75, 3.05) is 18.9 Å². The summed E-state index contributed by atoms with van der Waals surface area (Å²) in [5.41, 5.74) is 0.801. The summed E-state index contributed by atoms with van der Waals surface area (Å²) in [6.45, 7) is 0.326. The number of amides is 1. The highest BCUT2D eigenvalue weighted by Crippen LogP contribution is 2.15. The van der Waals surface area contributed by atoms with E-state index in [1.807, 2.05) is 24.3 Å². The molecule has 0 spiro atoms. The second-order valence-electron chi connectivity index (χ2n) is 2.59. The van der Waals surface area contributed by atoms with Crippen LogP contribution in [-0.4, -0.2) is 19.5 Å². The minimum atomic E-state index is -0.0411. The summed E-state index contributed by atoms with van der Waals surface area (Å²) in [5, 5.41) is 5.53. The molecule has 0 saturated heterocycles. The zero-order valence-electron chi connectivity index (χ0n) is 7.30. The van der Waals surface area contributed by atoms with Crippen molar-refractivity contribution in [3.8, 4) is 0 Å². The number of carbonyl (C=O) groups is 1. The van der Waals surface area contributed by atoms with Crippen LogP contribution in [0.5, 0.6) is 0 Å². The van der Waals surface area contributed by atoms with Crippen molar-refractivity contribution in [2.45, 2.75) is 0 Å². The Balaban J connectivity index is 2.58. The minimum absolute atomic E-state index is 0.0411. The molecule has 2 N–H and O–H groups in total. The zero-order valence-corrected chi connectivity index (χ0v) is 8.89. The Kier molecular flexibility index (Phi) is 3.92. The van der Waals surface area contributed by atoms with Gasteiger partial charge >= 0.3 is 0 Å². The molecule has 13 heavy (non-hydrogen) atoms. The van der Waals surface area contributed by atoms with Crippen molar-refractivity contribution >= 4 is 27.5 Å². The monoisotopic (exact) mass is 242 g/mol. The summed E-state index contributed by atoms with van der Waals surface area (Å²) in [5.74, 6) is -0.0411. The quantitative estimate of drug-likeness (QED) is 0.846. The highest BCUT2D eigenvalue weighted by Gasteiger charge is 1.99. The standard InChI is InChI=1S/C9H11BrN2O/c1-11-6-9(13)12-8-4-2-3-7(10)5-8/h2-5,11H,6H2,1H3,(H,12,13).